The van der Waals surface area contributed by atoms with Crippen molar-refractivity contribution in [1.29, 1.82) is 0 Å². The van der Waals surface area contributed by atoms with Crippen LogP contribution in [0.15, 0.2) is 42.5 Å². The minimum atomic E-state index is -0.455. The first kappa shape index (κ1) is 22.0. The number of hydrogen-bond donors (Lipinski definition) is 1. The summed E-state index contributed by atoms with van der Waals surface area (Å²) in [4.78, 5) is 30.7. The van der Waals surface area contributed by atoms with Crippen molar-refractivity contribution in [3.63, 3.8) is 0 Å². The number of fused-ring (bicyclic) bond motifs is 2. The molecule has 1 amide bonds. The maximum absolute atomic E-state index is 13.2. The molecule has 0 radical (unpaired) electrons. The molecule has 1 heterocycles. The van der Waals surface area contributed by atoms with Crippen LogP contribution in [-0.4, -0.2) is 23.5 Å². The number of hydrogen-bond acceptors (Lipinski definition) is 4. The predicted molar refractivity (Wildman–Crippen MR) is 127 cm³/mol. The van der Waals surface area contributed by atoms with Crippen molar-refractivity contribution in [2.24, 2.45) is 5.92 Å². The first-order chi connectivity index (χ1) is 15.5. The topological polar surface area (TPSA) is 68.3 Å². The van der Waals surface area contributed by atoms with Crippen LogP contribution in [0.3, 0.4) is 0 Å². The number of carbonyl (C=O) groups excluding carboxylic acids is 2. The summed E-state index contributed by atoms with van der Waals surface area (Å²) in [6.45, 7) is 5.99. The highest BCUT2D eigenvalue weighted by Crippen LogP contribution is 2.32. The van der Waals surface area contributed by atoms with Gasteiger partial charge in [-0.15, -0.1) is 0 Å². The van der Waals surface area contributed by atoms with Gasteiger partial charge in [0.05, 0.1) is 11.1 Å². The molecule has 1 N–H and O–H groups in total. The number of anilines is 1. The van der Waals surface area contributed by atoms with E-state index in [2.05, 4.69) is 26.1 Å². The maximum Gasteiger partial charge on any atom is 0.339 e. The van der Waals surface area contributed by atoms with Gasteiger partial charge in [0, 0.05) is 16.8 Å². The van der Waals surface area contributed by atoms with Gasteiger partial charge >= 0.3 is 5.97 Å². The number of amides is 1. The van der Waals surface area contributed by atoms with Crippen LogP contribution in [0.1, 0.15) is 59.9 Å². The zero-order valence-electron chi connectivity index (χ0n) is 19.0. The van der Waals surface area contributed by atoms with Gasteiger partial charge < -0.3 is 10.1 Å². The lowest BCUT2D eigenvalue weighted by Crippen LogP contribution is -2.24. The first-order valence-corrected chi connectivity index (χ1v) is 11.5. The van der Waals surface area contributed by atoms with Crippen LogP contribution in [-0.2, 0) is 35.2 Å². The van der Waals surface area contributed by atoms with Crippen LogP contribution < -0.4 is 5.32 Å². The van der Waals surface area contributed by atoms with E-state index in [1.807, 2.05) is 42.5 Å². The third-order valence-corrected chi connectivity index (χ3v) is 6.31. The molecule has 2 aromatic carbocycles. The second kappa shape index (κ2) is 9.51. The Morgan fingerprint density at radius 1 is 1.06 bits per heavy atom. The van der Waals surface area contributed by atoms with Crippen LogP contribution in [0.25, 0.3) is 10.9 Å². The number of nitrogens with one attached hydrogen (secondary N) is 1. The molecular formula is C27H30N2O3. The third-order valence-electron chi connectivity index (χ3n) is 6.31. The van der Waals surface area contributed by atoms with Crippen molar-refractivity contribution < 1.29 is 14.3 Å². The molecule has 4 rings (SSSR count). The Bertz CT molecular complexity index is 1150. The van der Waals surface area contributed by atoms with E-state index >= 15 is 0 Å². The first-order valence-electron chi connectivity index (χ1n) is 11.5. The van der Waals surface area contributed by atoms with Crippen molar-refractivity contribution in [2.45, 2.75) is 52.9 Å². The SMILES string of the molecule is CCc1cccc(CC)c1NC(=O)COC(=O)c1c2c(nc3ccccc13)CCC(C)C2. The van der Waals surface area contributed by atoms with Gasteiger partial charge in [0.15, 0.2) is 6.61 Å². The second-order valence-electron chi connectivity index (χ2n) is 8.56. The van der Waals surface area contributed by atoms with Gasteiger partial charge in [0.2, 0.25) is 0 Å². The molecule has 0 fully saturated rings. The lowest BCUT2D eigenvalue weighted by atomic mass is 9.84. The fourth-order valence-electron chi connectivity index (χ4n) is 4.58. The summed E-state index contributed by atoms with van der Waals surface area (Å²) in [7, 11) is 0. The molecule has 166 valence electrons. The van der Waals surface area contributed by atoms with E-state index in [0.717, 1.165) is 71.1 Å². The molecule has 5 nitrogen and oxygen atoms in total. The predicted octanol–water partition coefficient (Wildman–Crippen LogP) is 5.28. The number of rotatable bonds is 6. The summed E-state index contributed by atoms with van der Waals surface area (Å²) >= 11 is 0. The van der Waals surface area contributed by atoms with E-state index in [4.69, 9.17) is 9.72 Å². The molecule has 0 spiro atoms. The minimum Gasteiger partial charge on any atom is -0.452 e. The fourth-order valence-corrected chi connectivity index (χ4v) is 4.58. The smallest absolute Gasteiger partial charge is 0.339 e. The number of aromatic nitrogens is 1. The summed E-state index contributed by atoms with van der Waals surface area (Å²) in [6.07, 6.45) is 4.35. The number of esters is 1. The monoisotopic (exact) mass is 430 g/mol. The Labute approximate surface area is 189 Å². The number of ether oxygens (including phenoxy) is 1. The van der Waals surface area contributed by atoms with E-state index in [-0.39, 0.29) is 12.5 Å². The molecule has 0 bridgehead atoms. The Hall–Kier alpha value is -3.21. The fraction of sp³-hybridized carbons (Fsp3) is 0.370. The van der Waals surface area contributed by atoms with Crippen LogP contribution >= 0.6 is 0 Å². The molecule has 1 unspecified atom stereocenters. The summed E-state index contributed by atoms with van der Waals surface area (Å²) in [6, 6.07) is 13.7. The van der Waals surface area contributed by atoms with Gasteiger partial charge in [0.1, 0.15) is 0 Å². The molecule has 0 aliphatic heterocycles. The molecule has 3 aromatic rings. The highest BCUT2D eigenvalue weighted by atomic mass is 16.5. The Morgan fingerprint density at radius 3 is 2.50 bits per heavy atom. The van der Waals surface area contributed by atoms with Gasteiger partial charge in [-0.1, -0.05) is 57.2 Å². The molecule has 1 aliphatic rings. The summed E-state index contributed by atoms with van der Waals surface area (Å²) in [5.41, 5.74) is 6.29. The molecule has 1 aliphatic carbocycles. The van der Waals surface area contributed by atoms with Crippen LogP contribution in [0.4, 0.5) is 5.69 Å². The number of para-hydroxylation sites is 2. The normalized spacial score (nSPS) is 15.3. The zero-order chi connectivity index (χ0) is 22.7. The van der Waals surface area contributed by atoms with Gasteiger partial charge in [-0.2, -0.15) is 0 Å². The summed E-state index contributed by atoms with van der Waals surface area (Å²) in [5.74, 6) is -0.295. The Morgan fingerprint density at radius 2 is 1.78 bits per heavy atom. The number of benzene rings is 2. The summed E-state index contributed by atoms with van der Waals surface area (Å²) < 4.78 is 5.54. The average Bonchev–Trinajstić information content (AvgIpc) is 2.81. The van der Waals surface area contributed by atoms with Crippen molar-refractivity contribution in [3.05, 3.63) is 70.4 Å². The Kier molecular flexibility index (Phi) is 6.54. The standard InChI is InChI=1S/C27H30N2O3/c1-4-18-9-8-10-19(5-2)26(18)29-24(30)16-32-27(31)25-20-11-6-7-12-22(20)28-23-14-13-17(3)15-21(23)25/h6-12,17H,4-5,13-16H2,1-3H3,(H,29,30). The molecule has 0 saturated heterocycles. The number of aryl methyl sites for hydroxylation is 3. The van der Waals surface area contributed by atoms with E-state index in [1.54, 1.807) is 0 Å². The number of pyridine rings is 1. The highest BCUT2D eigenvalue weighted by Gasteiger charge is 2.26. The van der Waals surface area contributed by atoms with Crippen LogP contribution in [0, 0.1) is 5.92 Å². The van der Waals surface area contributed by atoms with Gasteiger partial charge in [-0.25, -0.2) is 4.79 Å². The molecule has 1 aromatic heterocycles. The molecule has 0 saturated carbocycles. The van der Waals surface area contributed by atoms with Crippen molar-refractivity contribution in [3.8, 4) is 0 Å². The second-order valence-corrected chi connectivity index (χ2v) is 8.56. The minimum absolute atomic E-state index is 0.318. The van der Waals surface area contributed by atoms with E-state index in [9.17, 15) is 9.59 Å². The largest absolute Gasteiger partial charge is 0.452 e. The van der Waals surface area contributed by atoms with Crippen molar-refractivity contribution in [1.82, 2.24) is 4.98 Å². The van der Waals surface area contributed by atoms with E-state index in [1.165, 1.54) is 0 Å². The molecule has 1 atom stereocenters. The number of carbonyl (C=O) groups is 2. The Balaban J connectivity index is 1.57. The maximum atomic E-state index is 13.2. The van der Waals surface area contributed by atoms with Gasteiger partial charge in [-0.05, 0) is 60.8 Å². The van der Waals surface area contributed by atoms with Crippen LogP contribution in [0.5, 0.6) is 0 Å². The number of nitrogens with zero attached hydrogens (tertiary/aromatic N) is 1. The van der Waals surface area contributed by atoms with Crippen molar-refractivity contribution in [2.75, 3.05) is 11.9 Å². The molecule has 5 heteroatoms. The highest BCUT2D eigenvalue weighted by molar-refractivity contribution is 6.06. The molecule has 32 heavy (non-hydrogen) atoms. The lowest BCUT2D eigenvalue weighted by Gasteiger charge is -2.24. The van der Waals surface area contributed by atoms with Gasteiger partial charge in [-0.3, -0.25) is 9.78 Å². The average molecular weight is 431 g/mol. The van der Waals surface area contributed by atoms with Gasteiger partial charge in [0.25, 0.3) is 5.91 Å². The zero-order valence-corrected chi connectivity index (χ0v) is 19.0. The summed E-state index contributed by atoms with van der Waals surface area (Å²) in [5, 5.41) is 3.75. The molecular weight excluding hydrogens is 400 g/mol. The van der Waals surface area contributed by atoms with Crippen molar-refractivity contribution >= 4 is 28.5 Å². The third kappa shape index (κ3) is 4.38. The lowest BCUT2D eigenvalue weighted by molar-refractivity contribution is -0.119. The van der Waals surface area contributed by atoms with Crippen LogP contribution in [0.2, 0.25) is 0 Å². The quantitative estimate of drug-likeness (QED) is 0.540. The van der Waals surface area contributed by atoms with E-state index in [0.29, 0.717) is 11.5 Å². The van der Waals surface area contributed by atoms with E-state index < -0.39 is 5.97 Å².